The van der Waals surface area contributed by atoms with Crippen molar-refractivity contribution in [3.8, 4) is 11.3 Å². The minimum absolute atomic E-state index is 0.122. The van der Waals surface area contributed by atoms with E-state index in [1.807, 2.05) is 26.8 Å². The van der Waals surface area contributed by atoms with E-state index in [-0.39, 0.29) is 43.5 Å². The van der Waals surface area contributed by atoms with E-state index in [9.17, 15) is 24.0 Å². The Balaban J connectivity index is 1.24. The number of fused-ring (bicyclic) bond motifs is 5. The molecule has 3 aromatic rings. The van der Waals surface area contributed by atoms with Crippen molar-refractivity contribution in [1.29, 1.82) is 0 Å². The number of nitrogens with zero attached hydrogens (tertiary/aromatic N) is 6. The number of hydrogen-bond donors (Lipinski definition) is 2. The van der Waals surface area contributed by atoms with Crippen LogP contribution in [0.2, 0.25) is 0 Å². The summed E-state index contributed by atoms with van der Waals surface area (Å²) in [6, 6.07) is 7.54. The lowest BCUT2D eigenvalue weighted by atomic mass is 9.84. The summed E-state index contributed by atoms with van der Waals surface area (Å²) in [5.41, 5.74) is 8.63. The van der Waals surface area contributed by atoms with Crippen LogP contribution in [0.5, 0.6) is 0 Å². The van der Waals surface area contributed by atoms with Gasteiger partial charge < -0.3 is 33.9 Å². The molecule has 6 heterocycles. The fourth-order valence-corrected chi connectivity index (χ4v) is 10.6. The van der Waals surface area contributed by atoms with E-state index < -0.39 is 53.3 Å². The second-order valence-corrected chi connectivity index (χ2v) is 19.5. The minimum Gasteiger partial charge on any atom is -0.464 e. The summed E-state index contributed by atoms with van der Waals surface area (Å²) >= 11 is 1.56. The zero-order valence-electron chi connectivity index (χ0n) is 37.9. The van der Waals surface area contributed by atoms with Gasteiger partial charge in [0, 0.05) is 81.1 Å². The van der Waals surface area contributed by atoms with Crippen LogP contribution in [-0.2, 0) is 46.9 Å². The molecule has 7 rings (SSSR count). The van der Waals surface area contributed by atoms with Gasteiger partial charge >= 0.3 is 12.1 Å². The number of ether oxygens (including phenoxy) is 3. The average molecular weight is 887 g/mol. The number of esters is 1. The highest BCUT2D eigenvalue weighted by Gasteiger charge is 2.41. The quantitative estimate of drug-likeness (QED) is 0.285. The van der Waals surface area contributed by atoms with E-state index in [4.69, 9.17) is 24.2 Å². The van der Waals surface area contributed by atoms with Gasteiger partial charge in [0.25, 0.3) is 5.91 Å². The van der Waals surface area contributed by atoms with Gasteiger partial charge in [-0.2, -0.15) is 0 Å². The van der Waals surface area contributed by atoms with Crippen LogP contribution in [0.15, 0.2) is 41.5 Å². The summed E-state index contributed by atoms with van der Waals surface area (Å²) in [5.74, 6) is -1.75. The van der Waals surface area contributed by atoms with E-state index in [1.54, 1.807) is 32.1 Å². The summed E-state index contributed by atoms with van der Waals surface area (Å²) < 4.78 is 18.9. The van der Waals surface area contributed by atoms with Crippen molar-refractivity contribution >= 4 is 57.5 Å². The number of aryl methyl sites for hydroxylation is 1. The molecule has 6 atom stereocenters. The smallest absolute Gasteiger partial charge is 0.409 e. The normalized spacial score (nSPS) is 23.8. The number of amides is 4. The molecule has 1 unspecified atom stereocenters. The number of methoxy groups -OCH3 is 2. The number of thioether (sulfide) groups is 1. The average Bonchev–Trinajstić information content (AvgIpc) is 4.02. The number of pyridine rings is 1. The fourth-order valence-electron chi connectivity index (χ4n) is 9.47. The van der Waals surface area contributed by atoms with Gasteiger partial charge in [-0.3, -0.25) is 34.2 Å². The van der Waals surface area contributed by atoms with Gasteiger partial charge in [0.15, 0.2) is 0 Å². The van der Waals surface area contributed by atoms with E-state index in [0.717, 1.165) is 44.0 Å². The highest BCUT2D eigenvalue weighted by molar-refractivity contribution is 8.14. The standard InChI is InChI=1S/C46H62N8O8S/c1-26(2)39(52(7)42(56)29-16-19-53(23-29)45(59)61-9)41(55)49-34-21-37-48-35(24-63-37)28-14-15-36-31(20-28)32(40(51(36)6)30-12-10-17-47-38(30)27(3)60-8)22-46(4,5)25-62-44(58)33-13-11-18-54(50-33)43(34)57/h10,12,14-15,17,20,26-27,29,33-35,39,50H,11,13,16,18-19,21-25H2,1-9H3,(H,49,55)/t27-,29-,33-,34-,35?,39-/m0/s1. The molecule has 63 heavy (non-hydrogen) atoms. The molecule has 2 saturated heterocycles. The highest BCUT2D eigenvalue weighted by Crippen LogP contribution is 2.42. The third kappa shape index (κ3) is 9.60. The van der Waals surface area contributed by atoms with Crippen LogP contribution >= 0.6 is 11.8 Å². The van der Waals surface area contributed by atoms with Gasteiger partial charge in [-0.1, -0.05) is 33.8 Å². The largest absolute Gasteiger partial charge is 0.464 e. The molecule has 0 spiro atoms. The van der Waals surface area contributed by atoms with Crippen LogP contribution < -0.4 is 10.7 Å². The van der Waals surface area contributed by atoms with Gasteiger partial charge in [0.1, 0.15) is 18.1 Å². The first-order valence-corrected chi connectivity index (χ1v) is 22.9. The maximum Gasteiger partial charge on any atom is 0.409 e. The lowest BCUT2D eigenvalue weighted by Gasteiger charge is -2.37. The van der Waals surface area contributed by atoms with Gasteiger partial charge in [-0.15, -0.1) is 11.8 Å². The first-order chi connectivity index (χ1) is 30.0. The Labute approximate surface area is 373 Å². The van der Waals surface area contributed by atoms with Crippen molar-refractivity contribution in [2.75, 3.05) is 53.3 Å². The van der Waals surface area contributed by atoms with Crippen molar-refractivity contribution < 1.29 is 38.2 Å². The SMILES string of the molecule is COC(=O)N1CC[C@H](C(=O)N(C)[C@H](C(=O)N[C@H]2CC3=NC(CS3)c3ccc4c(c3)c(c(-c3cccnc3[C@H](C)OC)n4C)CC(C)(C)COC(=O)[C@@H]3CCCN(N3)C2=O)C(C)C)C1. The van der Waals surface area contributed by atoms with Crippen molar-refractivity contribution in [2.24, 2.45) is 29.3 Å². The van der Waals surface area contributed by atoms with Crippen molar-refractivity contribution in [2.45, 2.75) is 97.0 Å². The number of aromatic nitrogens is 2. The summed E-state index contributed by atoms with van der Waals surface area (Å²) in [4.78, 5) is 81.7. The van der Waals surface area contributed by atoms with Crippen LogP contribution in [0.4, 0.5) is 4.79 Å². The Morgan fingerprint density at radius 1 is 1.10 bits per heavy atom. The van der Waals surface area contributed by atoms with Crippen molar-refractivity contribution in [3.63, 3.8) is 0 Å². The van der Waals surface area contributed by atoms with Crippen LogP contribution in [0, 0.1) is 17.3 Å². The predicted molar refractivity (Wildman–Crippen MR) is 241 cm³/mol. The summed E-state index contributed by atoms with van der Waals surface area (Å²) in [5, 5.41) is 6.24. The van der Waals surface area contributed by atoms with Crippen molar-refractivity contribution in [1.82, 2.24) is 35.1 Å². The maximum absolute atomic E-state index is 14.6. The van der Waals surface area contributed by atoms with Crippen molar-refractivity contribution in [3.05, 3.63) is 53.3 Å². The Kier molecular flexibility index (Phi) is 13.9. The van der Waals surface area contributed by atoms with E-state index in [1.165, 1.54) is 21.9 Å². The molecule has 0 aliphatic carbocycles. The van der Waals surface area contributed by atoms with Crippen LogP contribution in [0.25, 0.3) is 22.2 Å². The van der Waals surface area contributed by atoms with E-state index >= 15 is 0 Å². The predicted octanol–water partition coefficient (Wildman–Crippen LogP) is 5.20. The molecular formula is C46H62N8O8S. The topological polar surface area (TPSA) is 177 Å². The Hall–Kier alpha value is -5.00. The number of hydrazine groups is 1. The van der Waals surface area contributed by atoms with Gasteiger partial charge in [0.2, 0.25) is 11.8 Å². The third-order valence-electron chi connectivity index (χ3n) is 12.9. The summed E-state index contributed by atoms with van der Waals surface area (Å²) in [7, 11) is 6.65. The Morgan fingerprint density at radius 2 is 1.87 bits per heavy atom. The molecule has 4 aliphatic heterocycles. The van der Waals surface area contributed by atoms with E-state index in [0.29, 0.717) is 44.5 Å². The number of likely N-dealkylation sites (N-methyl/N-ethyl adjacent to an activating group) is 1. The fraction of sp³-hybridized carbons (Fsp3) is 0.587. The number of rotatable bonds is 8. The molecule has 4 aliphatic rings. The number of aliphatic imine (C=N–C) groups is 1. The van der Waals surface area contributed by atoms with E-state index in [2.05, 4.69) is 60.5 Å². The number of benzene rings is 1. The van der Waals surface area contributed by atoms with Crippen LogP contribution in [0.1, 0.15) is 89.3 Å². The molecule has 1 aromatic carbocycles. The highest BCUT2D eigenvalue weighted by atomic mass is 32.2. The summed E-state index contributed by atoms with van der Waals surface area (Å²) in [6.07, 6.45) is 3.21. The third-order valence-corrected chi connectivity index (χ3v) is 14.0. The molecule has 16 nitrogen and oxygen atoms in total. The molecular weight excluding hydrogens is 825 g/mol. The summed E-state index contributed by atoms with van der Waals surface area (Å²) in [6.45, 7) is 10.9. The zero-order valence-corrected chi connectivity index (χ0v) is 38.8. The molecule has 17 heteroatoms. The first kappa shape index (κ1) is 46.0. The molecule has 4 amide bonds. The number of cyclic esters (lactones) is 1. The molecule has 2 fully saturated rings. The Morgan fingerprint density at radius 3 is 2.60 bits per heavy atom. The number of carbonyl (C=O) groups excluding carboxylic acids is 5. The Bertz CT molecular complexity index is 2280. The first-order valence-electron chi connectivity index (χ1n) is 21.9. The van der Waals surface area contributed by atoms with Gasteiger partial charge in [-0.05, 0) is 73.9 Å². The molecule has 2 N–H and O–H groups in total. The van der Waals surface area contributed by atoms with Crippen LogP contribution in [-0.4, -0.2) is 131 Å². The number of nitrogens with one attached hydrogen (secondary N) is 2. The lowest BCUT2D eigenvalue weighted by Crippen LogP contribution is -2.62. The van der Waals surface area contributed by atoms with Gasteiger partial charge in [0.05, 0.1) is 48.2 Å². The molecule has 2 aromatic heterocycles. The molecule has 340 valence electrons. The second kappa shape index (κ2) is 19.0. The minimum atomic E-state index is -1.05. The van der Waals surface area contributed by atoms with Gasteiger partial charge in [-0.25, -0.2) is 10.2 Å². The molecule has 0 radical (unpaired) electrons. The van der Waals surface area contributed by atoms with Crippen LogP contribution in [0.3, 0.4) is 0 Å². The molecule has 0 saturated carbocycles. The number of carbonyl (C=O) groups is 5. The second-order valence-electron chi connectivity index (χ2n) is 18.4. The monoisotopic (exact) mass is 886 g/mol. The molecule has 6 bridgehead atoms. The maximum atomic E-state index is 14.6. The zero-order chi connectivity index (χ0) is 45.3. The number of hydrogen-bond acceptors (Lipinski definition) is 12. The number of likely N-dealkylation sites (tertiary alicyclic amines) is 1. The lowest BCUT2D eigenvalue weighted by molar-refractivity contribution is -0.155.